The third kappa shape index (κ3) is 5.35. The van der Waals surface area contributed by atoms with Crippen molar-refractivity contribution >= 4 is 11.6 Å². The third-order valence-electron chi connectivity index (χ3n) is 2.47. The first-order valence-corrected chi connectivity index (χ1v) is 5.77. The fourth-order valence-corrected chi connectivity index (χ4v) is 1.44. The van der Waals surface area contributed by atoms with Gasteiger partial charge in [-0.05, 0) is 18.8 Å². The van der Waals surface area contributed by atoms with Crippen LogP contribution in [0.3, 0.4) is 0 Å². The number of nitrogens with one attached hydrogen (secondary N) is 1. The van der Waals surface area contributed by atoms with Gasteiger partial charge in [-0.1, -0.05) is 6.92 Å². The van der Waals surface area contributed by atoms with E-state index in [2.05, 4.69) is 10.4 Å². The van der Waals surface area contributed by atoms with Crippen LogP contribution in [0.25, 0.3) is 0 Å². The number of nitrogen functional groups attached to an aromatic ring is 1. The molecular formula is C11H20N4O2. The van der Waals surface area contributed by atoms with Crippen LogP contribution in [0.5, 0.6) is 0 Å². The average molecular weight is 240 g/mol. The molecule has 1 heterocycles. The molecule has 0 saturated carbocycles. The molecule has 1 amide bonds. The molecule has 0 bridgehead atoms. The van der Waals surface area contributed by atoms with Crippen LogP contribution >= 0.6 is 0 Å². The van der Waals surface area contributed by atoms with Crippen LogP contribution in [0.1, 0.15) is 19.8 Å². The van der Waals surface area contributed by atoms with E-state index in [1.54, 1.807) is 6.20 Å². The van der Waals surface area contributed by atoms with Crippen LogP contribution in [-0.2, 0) is 11.3 Å². The Morgan fingerprint density at radius 3 is 3.06 bits per heavy atom. The maximum Gasteiger partial charge on any atom is 0.241 e. The molecule has 0 fully saturated rings. The molecule has 0 aromatic carbocycles. The predicted octanol–water partition coefficient (Wildman–Crippen LogP) is -0.00990. The number of aromatic nitrogens is 2. The Morgan fingerprint density at radius 1 is 1.71 bits per heavy atom. The number of aliphatic hydroxyl groups excluding tert-OH is 1. The molecule has 0 saturated heterocycles. The summed E-state index contributed by atoms with van der Waals surface area (Å²) in [6.07, 6.45) is 4.91. The monoisotopic (exact) mass is 240 g/mol. The number of rotatable bonds is 7. The summed E-state index contributed by atoms with van der Waals surface area (Å²) in [4.78, 5) is 11.5. The number of aliphatic hydroxyl groups is 1. The van der Waals surface area contributed by atoms with Crippen molar-refractivity contribution in [3.05, 3.63) is 12.4 Å². The fourth-order valence-electron chi connectivity index (χ4n) is 1.44. The highest BCUT2D eigenvalue weighted by Gasteiger charge is 2.04. The van der Waals surface area contributed by atoms with Gasteiger partial charge in [0.05, 0.1) is 11.9 Å². The van der Waals surface area contributed by atoms with Crippen molar-refractivity contribution in [3.63, 3.8) is 0 Å². The summed E-state index contributed by atoms with van der Waals surface area (Å²) in [6, 6.07) is 0. The van der Waals surface area contributed by atoms with E-state index in [-0.39, 0.29) is 25.0 Å². The molecule has 0 radical (unpaired) electrons. The Morgan fingerprint density at radius 2 is 2.47 bits per heavy atom. The summed E-state index contributed by atoms with van der Waals surface area (Å²) < 4.78 is 1.50. The van der Waals surface area contributed by atoms with E-state index in [0.29, 0.717) is 12.2 Å². The molecule has 6 nitrogen and oxygen atoms in total. The van der Waals surface area contributed by atoms with Crippen molar-refractivity contribution < 1.29 is 9.90 Å². The standard InChI is InChI=1S/C11H20N4O2/c1-9(8-16)3-2-4-13-11(17)7-15-6-10(12)5-14-15/h5-6,9,16H,2-4,7-8,12H2,1H3,(H,13,17). The van der Waals surface area contributed by atoms with E-state index in [4.69, 9.17) is 10.8 Å². The smallest absolute Gasteiger partial charge is 0.241 e. The van der Waals surface area contributed by atoms with Gasteiger partial charge in [-0.3, -0.25) is 9.48 Å². The molecule has 1 aromatic heterocycles. The number of anilines is 1. The topological polar surface area (TPSA) is 93.2 Å². The van der Waals surface area contributed by atoms with Crippen molar-refractivity contribution in [1.82, 2.24) is 15.1 Å². The Kier molecular flexibility index (Phi) is 5.48. The van der Waals surface area contributed by atoms with Crippen LogP contribution in [0.15, 0.2) is 12.4 Å². The number of hydrogen-bond acceptors (Lipinski definition) is 4. The predicted molar refractivity (Wildman–Crippen MR) is 65.1 cm³/mol. The average Bonchev–Trinajstić information content (AvgIpc) is 2.69. The van der Waals surface area contributed by atoms with E-state index in [9.17, 15) is 4.79 Å². The normalized spacial score (nSPS) is 12.4. The molecule has 17 heavy (non-hydrogen) atoms. The molecular weight excluding hydrogens is 220 g/mol. The van der Waals surface area contributed by atoms with Gasteiger partial charge in [0, 0.05) is 19.3 Å². The second kappa shape index (κ2) is 6.90. The molecule has 1 rings (SSSR count). The van der Waals surface area contributed by atoms with E-state index < -0.39 is 0 Å². The van der Waals surface area contributed by atoms with Crippen molar-refractivity contribution in [2.45, 2.75) is 26.3 Å². The molecule has 0 aliphatic heterocycles. The van der Waals surface area contributed by atoms with Crippen molar-refractivity contribution in [2.75, 3.05) is 18.9 Å². The van der Waals surface area contributed by atoms with Crippen LogP contribution in [-0.4, -0.2) is 33.9 Å². The highest BCUT2D eigenvalue weighted by molar-refractivity contribution is 5.75. The molecule has 96 valence electrons. The molecule has 0 aliphatic carbocycles. The Hall–Kier alpha value is -1.56. The summed E-state index contributed by atoms with van der Waals surface area (Å²) in [5, 5.41) is 15.6. The van der Waals surface area contributed by atoms with Crippen molar-refractivity contribution in [1.29, 1.82) is 0 Å². The Labute approximate surface area is 101 Å². The number of nitrogens with two attached hydrogens (primary N) is 1. The summed E-state index contributed by atoms with van der Waals surface area (Å²) in [7, 11) is 0. The van der Waals surface area contributed by atoms with Gasteiger partial charge in [0.25, 0.3) is 0 Å². The molecule has 1 atom stereocenters. The summed E-state index contributed by atoms with van der Waals surface area (Å²) in [6.45, 7) is 2.99. The lowest BCUT2D eigenvalue weighted by molar-refractivity contribution is -0.121. The van der Waals surface area contributed by atoms with E-state index in [1.807, 2.05) is 6.92 Å². The maximum absolute atomic E-state index is 11.5. The first-order chi connectivity index (χ1) is 8.11. The second-order valence-corrected chi connectivity index (χ2v) is 4.25. The SMILES string of the molecule is CC(CO)CCCNC(=O)Cn1cc(N)cn1. The van der Waals surface area contributed by atoms with Gasteiger partial charge in [-0.2, -0.15) is 5.10 Å². The quantitative estimate of drug-likeness (QED) is 0.584. The number of amides is 1. The van der Waals surface area contributed by atoms with E-state index in [0.717, 1.165) is 12.8 Å². The van der Waals surface area contributed by atoms with Crippen molar-refractivity contribution in [3.8, 4) is 0 Å². The Bertz CT molecular complexity index is 351. The zero-order valence-corrected chi connectivity index (χ0v) is 10.1. The number of nitrogens with zero attached hydrogens (tertiary/aromatic N) is 2. The highest BCUT2D eigenvalue weighted by Crippen LogP contribution is 2.02. The lowest BCUT2D eigenvalue weighted by atomic mass is 10.1. The van der Waals surface area contributed by atoms with Crippen LogP contribution in [0, 0.1) is 5.92 Å². The van der Waals surface area contributed by atoms with Crippen LogP contribution in [0.2, 0.25) is 0 Å². The lowest BCUT2D eigenvalue weighted by Gasteiger charge is -2.08. The van der Waals surface area contributed by atoms with Gasteiger partial charge in [-0.25, -0.2) is 0 Å². The molecule has 0 aliphatic rings. The maximum atomic E-state index is 11.5. The molecule has 4 N–H and O–H groups in total. The van der Waals surface area contributed by atoms with Gasteiger partial charge in [0.2, 0.25) is 5.91 Å². The lowest BCUT2D eigenvalue weighted by Crippen LogP contribution is -2.28. The second-order valence-electron chi connectivity index (χ2n) is 4.25. The summed E-state index contributed by atoms with van der Waals surface area (Å²) in [5.41, 5.74) is 6.04. The number of carbonyl (C=O) groups is 1. The summed E-state index contributed by atoms with van der Waals surface area (Å²) in [5.74, 6) is 0.211. The zero-order valence-electron chi connectivity index (χ0n) is 10.1. The number of carbonyl (C=O) groups excluding carboxylic acids is 1. The van der Waals surface area contributed by atoms with Gasteiger partial charge in [-0.15, -0.1) is 0 Å². The van der Waals surface area contributed by atoms with Gasteiger partial charge < -0.3 is 16.2 Å². The minimum atomic E-state index is -0.0789. The minimum Gasteiger partial charge on any atom is -0.396 e. The first-order valence-electron chi connectivity index (χ1n) is 5.77. The van der Waals surface area contributed by atoms with Crippen molar-refractivity contribution in [2.24, 2.45) is 5.92 Å². The minimum absolute atomic E-state index is 0.0789. The van der Waals surface area contributed by atoms with Crippen LogP contribution in [0.4, 0.5) is 5.69 Å². The van der Waals surface area contributed by atoms with Gasteiger partial charge in [0.1, 0.15) is 6.54 Å². The largest absolute Gasteiger partial charge is 0.396 e. The molecule has 6 heteroatoms. The third-order valence-corrected chi connectivity index (χ3v) is 2.47. The van der Waals surface area contributed by atoms with E-state index >= 15 is 0 Å². The summed E-state index contributed by atoms with van der Waals surface area (Å²) >= 11 is 0. The molecule has 1 unspecified atom stereocenters. The zero-order chi connectivity index (χ0) is 12.7. The fraction of sp³-hybridized carbons (Fsp3) is 0.636. The van der Waals surface area contributed by atoms with Gasteiger partial charge in [0.15, 0.2) is 0 Å². The molecule has 1 aromatic rings. The number of hydrogen-bond donors (Lipinski definition) is 3. The highest BCUT2D eigenvalue weighted by atomic mass is 16.3. The Balaban J connectivity index is 2.13. The van der Waals surface area contributed by atoms with Crippen LogP contribution < -0.4 is 11.1 Å². The van der Waals surface area contributed by atoms with E-state index in [1.165, 1.54) is 10.9 Å². The molecule has 0 spiro atoms. The van der Waals surface area contributed by atoms with Gasteiger partial charge >= 0.3 is 0 Å². The first kappa shape index (κ1) is 13.5.